The molecule has 2 heterocycles. The van der Waals surface area contributed by atoms with E-state index in [4.69, 9.17) is 5.11 Å². The van der Waals surface area contributed by atoms with Gasteiger partial charge in [0.2, 0.25) is 0 Å². The molecule has 0 saturated carbocycles. The van der Waals surface area contributed by atoms with Gasteiger partial charge < -0.3 is 15.5 Å². The third kappa shape index (κ3) is 2.98. The fraction of sp³-hybridized carbons (Fsp3) is 0.200. The quantitative estimate of drug-likeness (QED) is 0.676. The zero-order chi connectivity index (χ0) is 17.1. The van der Waals surface area contributed by atoms with Gasteiger partial charge in [-0.1, -0.05) is 5.92 Å². The summed E-state index contributed by atoms with van der Waals surface area (Å²) in [6.07, 6.45) is 1.45. The molecule has 0 bridgehead atoms. The van der Waals surface area contributed by atoms with E-state index in [1.165, 1.54) is 19.3 Å². The molecule has 8 nitrogen and oxygen atoms in total. The number of fused-ring (bicyclic) bond motifs is 1. The Balaban J connectivity index is 2.69. The smallest absolute Gasteiger partial charge is 0.322 e. The minimum atomic E-state index is -1.27. The first-order chi connectivity index (χ1) is 10.9. The molecule has 0 unspecified atom stereocenters. The Hall–Kier alpha value is -3.34. The van der Waals surface area contributed by atoms with E-state index in [0.29, 0.717) is 5.56 Å². The van der Waals surface area contributed by atoms with E-state index in [1.807, 2.05) is 0 Å². The number of nitrogens with zero attached hydrogens (tertiary/aromatic N) is 2. The van der Waals surface area contributed by atoms with Crippen molar-refractivity contribution < 1.29 is 19.8 Å². The summed E-state index contributed by atoms with van der Waals surface area (Å²) in [5.74, 6) is 2.64. The van der Waals surface area contributed by atoms with E-state index >= 15 is 0 Å². The number of aromatic hydroxyl groups is 1. The number of carboxylic acid groups (broad SMARTS) is 1. The lowest BCUT2D eigenvalue weighted by Crippen LogP contribution is -2.35. The second-order valence-electron chi connectivity index (χ2n) is 4.63. The van der Waals surface area contributed by atoms with Gasteiger partial charge in [-0.25, -0.2) is 4.98 Å². The highest BCUT2D eigenvalue weighted by molar-refractivity contribution is 6.02. The second-order valence-corrected chi connectivity index (χ2v) is 4.63. The average molecular weight is 315 g/mol. The third-order valence-corrected chi connectivity index (χ3v) is 3.09. The van der Waals surface area contributed by atoms with Gasteiger partial charge in [-0.3, -0.25) is 19.0 Å². The average Bonchev–Trinajstić information content (AvgIpc) is 2.51. The van der Waals surface area contributed by atoms with Crippen LogP contribution in [0, 0.1) is 11.8 Å². The number of amides is 1. The number of rotatable bonds is 3. The summed E-state index contributed by atoms with van der Waals surface area (Å²) in [5, 5.41) is 21.1. The molecule has 0 fully saturated rings. The van der Waals surface area contributed by atoms with Crippen molar-refractivity contribution in [2.24, 2.45) is 7.05 Å². The van der Waals surface area contributed by atoms with Crippen molar-refractivity contribution in [3.8, 4) is 17.6 Å². The van der Waals surface area contributed by atoms with Gasteiger partial charge in [0, 0.05) is 18.8 Å². The van der Waals surface area contributed by atoms with Crippen molar-refractivity contribution >= 4 is 22.9 Å². The van der Waals surface area contributed by atoms with Crippen molar-refractivity contribution in [3.63, 3.8) is 0 Å². The summed E-state index contributed by atoms with van der Waals surface area (Å²) >= 11 is 0. The lowest BCUT2D eigenvalue weighted by molar-refractivity contribution is -0.135. The molecule has 2 rings (SSSR count). The standard InChI is InChI=1S/C15H13N3O5/c1-3-4-8-5-9-12(21)11(14(22)17-7-10(19)20)15(23)18(2)13(9)16-6-8/h5-6,21H,7H2,1-2H3,(H,17,22)(H,19,20). The highest BCUT2D eigenvalue weighted by Crippen LogP contribution is 2.25. The number of aryl methyl sites for hydroxylation is 1. The van der Waals surface area contributed by atoms with Crippen molar-refractivity contribution in [1.29, 1.82) is 0 Å². The topological polar surface area (TPSA) is 122 Å². The molecular weight excluding hydrogens is 302 g/mol. The van der Waals surface area contributed by atoms with E-state index in [2.05, 4.69) is 22.1 Å². The number of aliphatic carboxylic acids is 1. The number of carbonyl (C=O) groups excluding carboxylic acids is 1. The summed E-state index contributed by atoms with van der Waals surface area (Å²) in [6.45, 7) is 0.967. The molecule has 0 radical (unpaired) electrons. The Kier molecular flexibility index (Phi) is 4.32. The van der Waals surface area contributed by atoms with Crippen molar-refractivity contribution in [2.75, 3.05) is 6.54 Å². The highest BCUT2D eigenvalue weighted by atomic mass is 16.4. The number of hydrogen-bond acceptors (Lipinski definition) is 5. The van der Waals surface area contributed by atoms with Crippen LogP contribution in [0.4, 0.5) is 0 Å². The molecular formula is C15H13N3O5. The van der Waals surface area contributed by atoms with E-state index in [1.54, 1.807) is 6.92 Å². The molecule has 8 heteroatoms. The predicted octanol–water partition coefficient (Wildman–Crippen LogP) is -0.175. The van der Waals surface area contributed by atoms with Gasteiger partial charge in [-0.2, -0.15) is 0 Å². The van der Waals surface area contributed by atoms with Crippen LogP contribution in [0.3, 0.4) is 0 Å². The number of hydrogen-bond donors (Lipinski definition) is 3. The monoisotopic (exact) mass is 315 g/mol. The number of nitrogens with one attached hydrogen (secondary N) is 1. The van der Waals surface area contributed by atoms with Gasteiger partial charge in [-0.05, 0) is 13.0 Å². The van der Waals surface area contributed by atoms with Crippen LogP contribution in [0.25, 0.3) is 11.0 Å². The van der Waals surface area contributed by atoms with Crippen LogP contribution in [-0.2, 0) is 11.8 Å². The molecule has 0 aliphatic rings. The Morgan fingerprint density at radius 2 is 2.13 bits per heavy atom. The molecule has 118 valence electrons. The van der Waals surface area contributed by atoms with Gasteiger partial charge >= 0.3 is 5.97 Å². The van der Waals surface area contributed by atoms with Gasteiger partial charge in [0.25, 0.3) is 11.5 Å². The van der Waals surface area contributed by atoms with E-state index in [9.17, 15) is 19.5 Å². The Morgan fingerprint density at radius 3 is 2.74 bits per heavy atom. The summed E-state index contributed by atoms with van der Waals surface area (Å²) in [4.78, 5) is 38.8. The van der Waals surface area contributed by atoms with E-state index < -0.39 is 35.3 Å². The van der Waals surface area contributed by atoms with Crippen LogP contribution in [0.2, 0.25) is 0 Å². The van der Waals surface area contributed by atoms with E-state index in [0.717, 1.165) is 4.57 Å². The van der Waals surface area contributed by atoms with Crippen molar-refractivity contribution in [3.05, 3.63) is 33.7 Å². The van der Waals surface area contributed by atoms with Gasteiger partial charge in [0.1, 0.15) is 23.5 Å². The highest BCUT2D eigenvalue weighted by Gasteiger charge is 2.22. The maximum atomic E-state index is 12.2. The predicted molar refractivity (Wildman–Crippen MR) is 81.2 cm³/mol. The van der Waals surface area contributed by atoms with Crippen LogP contribution in [0.15, 0.2) is 17.1 Å². The fourth-order valence-corrected chi connectivity index (χ4v) is 2.06. The van der Waals surface area contributed by atoms with Crippen LogP contribution < -0.4 is 10.9 Å². The molecule has 0 saturated heterocycles. The van der Waals surface area contributed by atoms with Crippen molar-refractivity contribution in [2.45, 2.75) is 6.92 Å². The molecule has 0 aliphatic carbocycles. The first kappa shape index (κ1) is 16.0. The first-order valence-electron chi connectivity index (χ1n) is 6.51. The van der Waals surface area contributed by atoms with Gasteiger partial charge in [0.15, 0.2) is 0 Å². The molecule has 2 aromatic heterocycles. The zero-order valence-electron chi connectivity index (χ0n) is 12.4. The van der Waals surface area contributed by atoms with Gasteiger partial charge in [0.05, 0.1) is 5.39 Å². The van der Waals surface area contributed by atoms with Crippen molar-refractivity contribution in [1.82, 2.24) is 14.9 Å². The van der Waals surface area contributed by atoms with Crippen LogP contribution in [-0.4, -0.2) is 38.2 Å². The summed E-state index contributed by atoms with van der Waals surface area (Å²) < 4.78 is 1.11. The lowest BCUT2D eigenvalue weighted by Gasteiger charge is -2.11. The zero-order valence-corrected chi connectivity index (χ0v) is 12.4. The molecule has 1 amide bonds. The number of carbonyl (C=O) groups is 2. The minimum Gasteiger partial charge on any atom is -0.506 e. The normalized spacial score (nSPS) is 10.0. The second kappa shape index (κ2) is 6.19. The number of carboxylic acids is 1. The molecule has 3 N–H and O–H groups in total. The van der Waals surface area contributed by atoms with Gasteiger partial charge in [-0.15, -0.1) is 5.92 Å². The molecule has 0 aromatic carbocycles. The van der Waals surface area contributed by atoms with E-state index in [-0.39, 0.29) is 11.0 Å². The summed E-state index contributed by atoms with van der Waals surface area (Å²) in [6, 6.07) is 1.50. The molecule has 0 aliphatic heterocycles. The number of aromatic nitrogens is 2. The molecule has 0 atom stereocenters. The Bertz CT molecular complexity index is 934. The third-order valence-electron chi connectivity index (χ3n) is 3.09. The SMILES string of the molecule is CC#Cc1cnc2c(c1)c(O)c(C(=O)NCC(=O)O)c(=O)n2C. The summed E-state index contributed by atoms with van der Waals surface area (Å²) in [7, 11) is 1.40. The molecule has 0 spiro atoms. The minimum absolute atomic E-state index is 0.174. The molecule has 2 aromatic rings. The first-order valence-corrected chi connectivity index (χ1v) is 6.51. The fourth-order valence-electron chi connectivity index (χ4n) is 2.06. The molecule has 23 heavy (non-hydrogen) atoms. The Labute approximate surface area is 130 Å². The maximum Gasteiger partial charge on any atom is 0.322 e. The summed E-state index contributed by atoms with van der Waals surface area (Å²) in [5.41, 5.74) is -0.626. The van der Waals surface area contributed by atoms with Crippen LogP contribution >= 0.6 is 0 Å². The Morgan fingerprint density at radius 1 is 1.43 bits per heavy atom. The van der Waals surface area contributed by atoms with Crippen LogP contribution in [0.5, 0.6) is 5.75 Å². The van der Waals surface area contributed by atoms with Crippen LogP contribution in [0.1, 0.15) is 22.8 Å². The number of pyridine rings is 2. The largest absolute Gasteiger partial charge is 0.506 e. The maximum absolute atomic E-state index is 12.2. The lowest BCUT2D eigenvalue weighted by atomic mass is 10.1.